The summed E-state index contributed by atoms with van der Waals surface area (Å²) >= 11 is 0. The van der Waals surface area contributed by atoms with Gasteiger partial charge in [0.15, 0.2) is 0 Å². The van der Waals surface area contributed by atoms with Crippen molar-refractivity contribution in [3.8, 4) is 16.9 Å². The van der Waals surface area contributed by atoms with Gasteiger partial charge in [0.1, 0.15) is 17.9 Å². The Morgan fingerprint density at radius 3 is 2.67 bits per heavy atom. The van der Waals surface area contributed by atoms with Crippen LogP contribution in [0.5, 0.6) is 5.75 Å². The Kier molecular flexibility index (Phi) is 7.22. The normalized spacial score (nSPS) is 14.9. The molecule has 3 rings (SSSR count). The Hall–Kier alpha value is -2.40. The molecule has 0 unspecified atom stereocenters. The molecule has 0 spiro atoms. The van der Waals surface area contributed by atoms with Crippen LogP contribution in [0, 0.1) is 5.92 Å². The number of hydrogen-bond donors (Lipinski definition) is 0. The average Bonchev–Trinajstić information content (AvgIpc) is 2.74. The predicted molar refractivity (Wildman–Crippen MR) is 107 cm³/mol. The van der Waals surface area contributed by atoms with E-state index in [1.165, 1.54) is 0 Å². The van der Waals surface area contributed by atoms with Gasteiger partial charge in [0, 0.05) is 38.9 Å². The molecule has 0 atom stereocenters. The van der Waals surface area contributed by atoms with Crippen LogP contribution in [0.2, 0.25) is 0 Å². The highest BCUT2D eigenvalue weighted by atomic mass is 16.5. The number of aromatic nitrogens is 1. The molecule has 1 saturated heterocycles. The standard InChI is InChI=1S/C22H28N2O3/c1-26-13-2-3-14-27-21-6-4-5-19(15-21)20-7-10-23-22(16-20)24-11-8-18(17-25)9-12-24/h4-7,10,15-18H,2-3,8-9,11-14H2,1H3. The zero-order valence-electron chi connectivity index (χ0n) is 16.0. The van der Waals surface area contributed by atoms with Gasteiger partial charge in [-0.3, -0.25) is 0 Å². The fourth-order valence-corrected chi connectivity index (χ4v) is 3.34. The van der Waals surface area contributed by atoms with E-state index >= 15 is 0 Å². The molecule has 2 heterocycles. The van der Waals surface area contributed by atoms with Gasteiger partial charge in [-0.2, -0.15) is 0 Å². The van der Waals surface area contributed by atoms with Gasteiger partial charge in [-0.15, -0.1) is 0 Å². The van der Waals surface area contributed by atoms with Crippen LogP contribution in [-0.4, -0.2) is 44.7 Å². The van der Waals surface area contributed by atoms with Crippen molar-refractivity contribution in [3.05, 3.63) is 42.6 Å². The Morgan fingerprint density at radius 1 is 1.11 bits per heavy atom. The topological polar surface area (TPSA) is 51.7 Å². The molecule has 1 aliphatic rings. The summed E-state index contributed by atoms with van der Waals surface area (Å²) in [5.41, 5.74) is 2.25. The molecule has 1 aromatic heterocycles. The number of aldehydes is 1. The van der Waals surface area contributed by atoms with Crippen molar-refractivity contribution in [2.45, 2.75) is 25.7 Å². The first-order valence-electron chi connectivity index (χ1n) is 9.68. The quantitative estimate of drug-likeness (QED) is 0.495. The van der Waals surface area contributed by atoms with E-state index in [0.717, 1.165) is 74.4 Å². The van der Waals surface area contributed by atoms with Crippen LogP contribution in [0.3, 0.4) is 0 Å². The molecular weight excluding hydrogens is 340 g/mol. The van der Waals surface area contributed by atoms with E-state index < -0.39 is 0 Å². The maximum Gasteiger partial charge on any atom is 0.129 e. The lowest BCUT2D eigenvalue weighted by Crippen LogP contribution is -2.34. The third kappa shape index (κ3) is 5.54. The summed E-state index contributed by atoms with van der Waals surface area (Å²) in [5, 5.41) is 0. The summed E-state index contributed by atoms with van der Waals surface area (Å²) in [6, 6.07) is 12.3. The lowest BCUT2D eigenvalue weighted by atomic mass is 9.98. The zero-order chi connectivity index (χ0) is 18.9. The molecule has 1 fully saturated rings. The van der Waals surface area contributed by atoms with Crippen molar-refractivity contribution in [3.63, 3.8) is 0 Å². The predicted octanol–water partition coefficient (Wildman–Crippen LogP) is 3.97. The highest BCUT2D eigenvalue weighted by Gasteiger charge is 2.19. The first kappa shape index (κ1) is 19.4. The molecule has 144 valence electrons. The lowest BCUT2D eigenvalue weighted by molar-refractivity contribution is -0.111. The number of methoxy groups -OCH3 is 1. The highest BCUT2D eigenvalue weighted by Crippen LogP contribution is 2.28. The second kappa shape index (κ2) is 10.1. The number of carbonyl (C=O) groups is 1. The number of nitrogens with zero attached hydrogens (tertiary/aromatic N) is 2. The second-order valence-electron chi connectivity index (χ2n) is 6.94. The monoisotopic (exact) mass is 368 g/mol. The number of benzene rings is 1. The number of ether oxygens (including phenoxy) is 2. The smallest absolute Gasteiger partial charge is 0.129 e. The summed E-state index contributed by atoms with van der Waals surface area (Å²) in [6.07, 6.45) is 6.74. The molecule has 0 saturated carbocycles. The Morgan fingerprint density at radius 2 is 1.89 bits per heavy atom. The molecule has 0 N–H and O–H groups in total. The van der Waals surface area contributed by atoms with Gasteiger partial charge in [0.25, 0.3) is 0 Å². The number of piperidine rings is 1. The van der Waals surface area contributed by atoms with E-state index in [0.29, 0.717) is 6.61 Å². The average molecular weight is 368 g/mol. The number of hydrogen-bond acceptors (Lipinski definition) is 5. The fraction of sp³-hybridized carbons (Fsp3) is 0.455. The minimum atomic E-state index is 0.196. The van der Waals surface area contributed by atoms with Crippen molar-refractivity contribution in [1.82, 2.24) is 4.98 Å². The molecule has 27 heavy (non-hydrogen) atoms. The highest BCUT2D eigenvalue weighted by molar-refractivity contribution is 5.68. The molecule has 1 aromatic carbocycles. The number of carbonyl (C=O) groups excluding carboxylic acids is 1. The van der Waals surface area contributed by atoms with E-state index in [1.54, 1.807) is 7.11 Å². The first-order chi connectivity index (χ1) is 13.3. The lowest BCUT2D eigenvalue weighted by Gasteiger charge is -2.30. The summed E-state index contributed by atoms with van der Waals surface area (Å²) in [5.74, 6) is 2.06. The van der Waals surface area contributed by atoms with Crippen molar-refractivity contribution in [2.24, 2.45) is 5.92 Å². The van der Waals surface area contributed by atoms with Crippen molar-refractivity contribution >= 4 is 12.1 Å². The number of pyridine rings is 1. The van der Waals surface area contributed by atoms with Crippen LogP contribution in [0.1, 0.15) is 25.7 Å². The van der Waals surface area contributed by atoms with Gasteiger partial charge < -0.3 is 19.2 Å². The van der Waals surface area contributed by atoms with Crippen LogP contribution >= 0.6 is 0 Å². The van der Waals surface area contributed by atoms with Crippen molar-refractivity contribution in [1.29, 1.82) is 0 Å². The number of anilines is 1. The summed E-state index contributed by atoms with van der Waals surface area (Å²) in [7, 11) is 1.72. The molecule has 0 aliphatic carbocycles. The minimum absolute atomic E-state index is 0.196. The van der Waals surface area contributed by atoms with Crippen LogP contribution in [-0.2, 0) is 9.53 Å². The van der Waals surface area contributed by atoms with Crippen LogP contribution < -0.4 is 9.64 Å². The zero-order valence-corrected chi connectivity index (χ0v) is 16.0. The number of unbranched alkanes of at least 4 members (excludes halogenated alkanes) is 1. The summed E-state index contributed by atoms with van der Waals surface area (Å²) in [4.78, 5) is 17.7. The molecule has 2 aromatic rings. The van der Waals surface area contributed by atoms with Gasteiger partial charge in [-0.25, -0.2) is 4.98 Å². The van der Waals surface area contributed by atoms with E-state index in [9.17, 15) is 4.79 Å². The first-order valence-corrected chi connectivity index (χ1v) is 9.68. The fourth-order valence-electron chi connectivity index (χ4n) is 3.34. The Labute approximate surface area is 161 Å². The van der Waals surface area contributed by atoms with Gasteiger partial charge in [-0.1, -0.05) is 12.1 Å². The Bertz CT molecular complexity index is 727. The van der Waals surface area contributed by atoms with E-state index in [4.69, 9.17) is 9.47 Å². The summed E-state index contributed by atoms with van der Waals surface area (Å²) < 4.78 is 10.9. The van der Waals surface area contributed by atoms with E-state index in [2.05, 4.69) is 28.1 Å². The largest absolute Gasteiger partial charge is 0.494 e. The third-order valence-corrected chi connectivity index (χ3v) is 4.98. The molecule has 0 radical (unpaired) electrons. The van der Waals surface area contributed by atoms with Gasteiger partial charge in [0.05, 0.1) is 6.61 Å². The molecule has 0 amide bonds. The maximum atomic E-state index is 10.9. The molecular formula is C22H28N2O3. The van der Waals surface area contributed by atoms with Crippen LogP contribution in [0.4, 0.5) is 5.82 Å². The maximum absolute atomic E-state index is 10.9. The Balaban J connectivity index is 1.64. The van der Waals surface area contributed by atoms with Gasteiger partial charge in [-0.05, 0) is 61.1 Å². The molecule has 0 bridgehead atoms. The van der Waals surface area contributed by atoms with E-state index in [1.807, 2.05) is 24.4 Å². The molecule has 5 nitrogen and oxygen atoms in total. The summed E-state index contributed by atoms with van der Waals surface area (Å²) in [6.45, 7) is 3.22. The van der Waals surface area contributed by atoms with Crippen molar-refractivity contribution < 1.29 is 14.3 Å². The van der Waals surface area contributed by atoms with E-state index in [-0.39, 0.29) is 5.92 Å². The van der Waals surface area contributed by atoms with Crippen LogP contribution in [0.25, 0.3) is 11.1 Å². The molecule has 1 aliphatic heterocycles. The third-order valence-electron chi connectivity index (χ3n) is 4.98. The van der Waals surface area contributed by atoms with Gasteiger partial charge in [0.2, 0.25) is 0 Å². The van der Waals surface area contributed by atoms with Crippen LogP contribution in [0.15, 0.2) is 42.6 Å². The SMILES string of the molecule is COCCCCOc1cccc(-c2ccnc(N3CCC(C=O)CC3)c2)c1. The number of rotatable bonds is 9. The molecule has 5 heteroatoms. The second-order valence-corrected chi connectivity index (χ2v) is 6.94. The minimum Gasteiger partial charge on any atom is -0.494 e. The van der Waals surface area contributed by atoms with Crippen molar-refractivity contribution in [2.75, 3.05) is 38.3 Å². The van der Waals surface area contributed by atoms with Gasteiger partial charge >= 0.3 is 0 Å².